The smallest absolute Gasteiger partial charge is 0.492 e. The highest BCUT2D eigenvalue weighted by Gasteiger charge is 2.25. The SMILES string of the molecule is CC[N+](CC)(CC)CC(O)CNCCNCCC[Si](O)(O)O.[Cl-]. The van der Waals surface area contributed by atoms with Crippen LogP contribution in [0, 0.1) is 0 Å². The van der Waals surface area contributed by atoms with Gasteiger partial charge in [0, 0.05) is 25.7 Å². The van der Waals surface area contributed by atoms with E-state index in [1.165, 1.54) is 0 Å². The van der Waals surface area contributed by atoms with Crippen LogP contribution in [0.2, 0.25) is 6.04 Å². The zero-order chi connectivity index (χ0) is 17.1. The Hall–Kier alpha value is 0.227. The number of nitrogens with zero attached hydrogens (tertiary/aromatic N) is 1. The van der Waals surface area contributed by atoms with Crippen LogP contribution in [0.4, 0.5) is 0 Å². The minimum atomic E-state index is -3.87. The van der Waals surface area contributed by atoms with Gasteiger partial charge in [0.15, 0.2) is 0 Å². The first-order valence-electron chi connectivity index (χ1n) is 8.40. The van der Waals surface area contributed by atoms with E-state index < -0.39 is 8.80 Å². The fourth-order valence-electron chi connectivity index (χ4n) is 2.59. The molecule has 6 N–H and O–H groups in total. The van der Waals surface area contributed by atoms with E-state index >= 15 is 0 Å². The van der Waals surface area contributed by atoms with Crippen LogP contribution in [0.5, 0.6) is 0 Å². The Morgan fingerprint density at radius 2 is 1.43 bits per heavy atom. The first-order valence-corrected chi connectivity index (χ1v) is 10.4. The Morgan fingerprint density at radius 1 is 0.913 bits per heavy atom. The van der Waals surface area contributed by atoms with Gasteiger partial charge >= 0.3 is 8.80 Å². The van der Waals surface area contributed by atoms with Gasteiger partial charge in [-0.1, -0.05) is 0 Å². The summed E-state index contributed by atoms with van der Waals surface area (Å²) in [6.45, 7) is 13.1. The lowest BCUT2D eigenvalue weighted by Gasteiger charge is -2.37. The minimum absolute atomic E-state index is 0. The number of nitrogens with one attached hydrogen (secondary N) is 2. The van der Waals surface area contributed by atoms with E-state index in [0.29, 0.717) is 19.5 Å². The Bertz CT molecular complexity index is 271. The highest BCUT2D eigenvalue weighted by Crippen LogP contribution is 2.07. The lowest BCUT2D eigenvalue weighted by molar-refractivity contribution is -0.925. The Kier molecular flexibility index (Phi) is 15.0. The lowest BCUT2D eigenvalue weighted by atomic mass is 10.2. The summed E-state index contributed by atoms with van der Waals surface area (Å²) in [5.41, 5.74) is 0. The maximum Gasteiger partial charge on any atom is 0.492 e. The van der Waals surface area contributed by atoms with Crippen LogP contribution < -0.4 is 23.0 Å². The van der Waals surface area contributed by atoms with Crippen LogP contribution in [0.1, 0.15) is 27.2 Å². The topological polar surface area (TPSA) is 105 Å². The van der Waals surface area contributed by atoms with E-state index in [1.807, 2.05) is 0 Å². The van der Waals surface area contributed by atoms with Crippen molar-refractivity contribution in [1.29, 1.82) is 0 Å². The fraction of sp³-hybridized carbons (Fsp3) is 1.00. The van der Waals surface area contributed by atoms with Gasteiger partial charge in [0.25, 0.3) is 0 Å². The minimum Gasteiger partial charge on any atom is -1.00 e. The third-order valence-electron chi connectivity index (χ3n) is 4.33. The summed E-state index contributed by atoms with van der Waals surface area (Å²) >= 11 is 0. The highest BCUT2D eigenvalue weighted by atomic mass is 35.5. The average Bonchev–Trinajstić information content (AvgIpc) is 2.46. The molecule has 0 rings (SSSR count). The van der Waals surface area contributed by atoms with E-state index in [9.17, 15) is 5.11 Å². The van der Waals surface area contributed by atoms with Crippen LogP contribution in [0.3, 0.4) is 0 Å². The van der Waals surface area contributed by atoms with Crippen LogP contribution in [0.15, 0.2) is 0 Å². The summed E-state index contributed by atoms with van der Waals surface area (Å²) in [5.74, 6) is 0. The number of aliphatic hydroxyl groups is 1. The molecule has 9 heteroatoms. The Morgan fingerprint density at radius 3 is 1.91 bits per heavy atom. The molecule has 0 aromatic heterocycles. The molecular weight excluding hydrogens is 338 g/mol. The molecule has 23 heavy (non-hydrogen) atoms. The van der Waals surface area contributed by atoms with E-state index in [0.717, 1.165) is 43.8 Å². The molecule has 7 nitrogen and oxygen atoms in total. The monoisotopic (exact) mass is 373 g/mol. The van der Waals surface area contributed by atoms with Gasteiger partial charge in [-0.3, -0.25) is 0 Å². The molecule has 0 radical (unpaired) electrons. The quantitative estimate of drug-likeness (QED) is 0.105. The Balaban J connectivity index is 0. The van der Waals surface area contributed by atoms with Crippen molar-refractivity contribution in [2.75, 3.05) is 52.4 Å². The lowest BCUT2D eigenvalue weighted by Crippen LogP contribution is -3.00. The molecule has 0 aromatic rings. The van der Waals surface area contributed by atoms with Crippen molar-refractivity contribution in [3.05, 3.63) is 0 Å². The maximum atomic E-state index is 10.1. The zero-order valence-corrected chi connectivity index (χ0v) is 16.5. The molecule has 1 atom stereocenters. The van der Waals surface area contributed by atoms with Crippen molar-refractivity contribution in [2.24, 2.45) is 0 Å². The summed E-state index contributed by atoms with van der Waals surface area (Å²) in [4.78, 5) is 26.6. The number of hydrogen-bond donors (Lipinski definition) is 6. The zero-order valence-electron chi connectivity index (χ0n) is 14.8. The first kappa shape index (κ1) is 25.5. The van der Waals surface area contributed by atoms with E-state index in [4.69, 9.17) is 14.4 Å². The van der Waals surface area contributed by atoms with Crippen molar-refractivity contribution >= 4 is 8.80 Å². The van der Waals surface area contributed by atoms with Gasteiger partial charge < -0.3 is 47.0 Å². The predicted octanol–water partition coefficient (Wildman–Crippen LogP) is -4.29. The van der Waals surface area contributed by atoms with E-state index in [2.05, 4.69) is 31.4 Å². The maximum absolute atomic E-state index is 10.1. The first-order chi connectivity index (χ1) is 10.3. The van der Waals surface area contributed by atoms with Crippen LogP contribution in [-0.4, -0.2) is 91.2 Å². The van der Waals surface area contributed by atoms with Crippen molar-refractivity contribution in [2.45, 2.75) is 39.3 Å². The molecule has 0 aliphatic heterocycles. The third-order valence-corrected chi connectivity index (χ3v) is 5.36. The van der Waals surface area contributed by atoms with Crippen molar-refractivity contribution in [3.63, 3.8) is 0 Å². The second-order valence-corrected chi connectivity index (χ2v) is 8.01. The molecule has 0 saturated heterocycles. The molecule has 142 valence electrons. The number of quaternary nitrogens is 1. The van der Waals surface area contributed by atoms with Crippen LogP contribution in [-0.2, 0) is 0 Å². The molecule has 1 unspecified atom stereocenters. The number of aliphatic hydroxyl groups excluding tert-OH is 1. The van der Waals surface area contributed by atoms with Gasteiger partial charge in [0.2, 0.25) is 0 Å². The summed E-state index contributed by atoms with van der Waals surface area (Å²) in [6, 6.07) is 0.0667. The second kappa shape index (κ2) is 13.5. The molecule has 0 spiro atoms. The normalized spacial score (nSPS) is 13.7. The molecular formula is C14H36ClN3O4Si. The largest absolute Gasteiger partial charge is 1.00 e. The van der Waals surface area contributed by atoms with Crippen molar-refractivity contribution in [1.82, 2.24) is 10.6 Å². The number of halogens is 1. The van der Waals surface area contributed by atoms with Gasteiger partial charge in [-0.15, -0.1) is 0 Å². The van der Waals surface area contributed by atoms with Gasteiger partial charge in [0.1, 0.15) is 12.6 Å². The molecule has 0 heterocycles. The third kappa shape index (κ3) is 13.2. The van der Waals surface area contributed by atoms with Crippen LogP contribution in [0.25, 0.3) is 0 Å². The summed E-state index contributed by atoms with van der Waals surface area (Å²) < 4.78 is 0.941. The molecule has 0 fully saturated rings. The average molecular weight is 374 g/mol. The fourth-order valence-corrected chi connectivity index (χ4v) is 3.24. The molecule has 0 aromatic carbocycles. The summed E-state index contributed by atoms with van der Waals surface area (Å²) in [6.07, 6.45) is 0.201. The van der Waals surface area contributed by atoms with Crippen molar-refractivity contribution < 1.29 is 36.4 Å². The number of likely N-dealkylation sites (N-methyl/N-ethyl adjacent to an activating group) is 1. The summed E-state index contributed by atoms with van der Waals surface area (Å²) in [7, 11) is -3.87. The van der Waals surface area contributed by atoms with Gasteiger partial charge in [-0.25, -0.2) is 0 Å². The molecule has 0 amide bonds. The molecule has 0 bridgehead atoms. The predicted molar refractivity (Wildman–Crippen MR) is 90.3 cm³/mol. The standard InChI is InChI=1S/C14H36N3O4Si.ClH/c1-4-17(5-2,6-3)13-14(18)12-16-10-9-15-8-7-11-22(19,20)21;/h14-16,18-21H,4-13H2,1-3H3;1H/q+1;/p-1. The van der Waals surface area contributed by atoms with Crippen LogP contribution >= 0.6 is 0 Å². The number of rotatable bonds is 14. The molecule has 0 saturated carbocycles. The van der Waals surface area contributed by atoms with Gasteiger partial charge in [-0.2, -0.15) is 0 Å². The Labute approximate surface area is 148 Å². The van der Waals surface area contributed by atoms with Gasteiger partial charge in [-0.05, 0) is 33.7 Å². The molecule has 0 aliphatic rings. The highest BCUT2D eigenvalue weighted by molar-refractivity contribution is 6.56. The van der Waals surface area contributed by atoms with Gasteiger partial charge in [0.05, 0.1) is 19.6 Å². The van der Waals surface area contributed by atoms with Crippen molar-refractivity contribution in [3.8, 4) is 0 Å². The van der Waals surface area contributed by atoms with E-state index in [-0.39, 0.29) is 24.6 Å². The second-order valence-electron chi connectivity index (χ2n) is 5.96. The van der Waals surface area contributed by atoms with E-state index in [1.54, 1.807) is 0 Å². The summed E-state index contributed by atoms with van der Waals surface area (Å²) in [5, 5.41) is 16.5. The number of hydrogen-bond acceptors (Lipinski definition) is 6. The molecule has 0 aliphatic carbocycles.